The lowest BCUT2D eigenvalue weighted by Crippen LogP contribution is -2.13. The summed E-state index contributed by atoms with van der Waals surface area (Å²) >= 11 is 1.34. The third-order valence-electron chi connectivity index (χ3n) is 2.14. The molecule has 3 nitrogen and oxygen atoms in total. The predicted octanol–water partition coefficient (Wildman–Crippen LogP) is 2.98. The molecule has 1 amide bonds. The fourth-order valence-electron chi connectivity index (χ4n) is 1.29. The Balaban J connectivity index is 2.19. The van der Waals surface area contributed by atoms with Crippen LogP contribution in [0.2, 0.25) is 0 Å². The van der Waals surface area contributed by atoms with E-state index in [1.54, 1.807) is 12.4 Å². The molecule has 1 aromatic heterocycles. The number of carbonyl (C=O) groups excluding carboxylic acids is 1. The maximum Gasteiger partial charge on any atom is 0.275 e. The summed E-state index contributed by atoms with van der Waals surface area (Å²) in [6, 6.07) is 3.17. The molecule has 0 fully saturated rings. The van der Waals surface area contributed by atoms with Crippen molar-refractivity contribution < 1.29 is 13.6 Å². The van der Waals surface area contributed by atoms with Gasteiger partial charge in [-0.15, -0.1) is 11.3 Å². The monoisotopic (exact) mass is 254 g/mol. The molecule has 1 aromatic carbocycles. The van der Waals surface area contributed by atoms with Crippen molar-refractivity contribution in [1.29, 1.82) is 0 Å². The van der Waals surface area contributed by atoms with Gasteiger partial charge in [-0.25, -0.2) is 13.8 Å². The summed E-state index contributed by atoms with van der Waals surface area (Å²) in [5.74, 6) is -2.39. The van der Waals surface area contributed by atoms with Gasteiger partial charge in [-0.05, 0) is 19.1 Å². The molecule has 0 spiro atoms. The van der Waals surface area contributed by atoms with Crippen LogP contribution in [0, 0.1) is 18.6 Å². The number of rotatable bonds is 2. The largest absolute Gasteiger partial charge is 0.321 e. The summed E-state index contributed by atoms with van der Waals surface area (Å²) in [6.07, 6.45) is 0. The van der Waals surface area contributed by atoms with Crippen LogP contribution in [-0.2, 0) is 0 Å². The van der Waals surface area contributed by atoms with Crippen molar-refractivity contribution in [2.45, 2.75) is 6.92 Å². The lowest BCUT2D eigenvalue weighted by molar-refractivity contribution is 0.102. The molecule has 0 aliphatic rings. The molecule has 88 valence electrons. The second-order valence-electron chi connectivity index (χ2n) is 3.34. The third-order valence-corrected chi connectivity index (χ3v) is 2.90. The molecule has 2 aromatic rings. The highest BCUT2D eigenvalue weighted by Crippen LogP contribution is 2.16. The van der Waals surface area contributed by atoms with E-state index >= 15 is 0 Å². The molecule has 6 heteroatoms. The zero-order chi connectivity index (χ0) is 12.4. The first-order chi connectivity index (χ1) is 8.08. The van der Waals surface area contributed by atoms with Crippen LogP contribution in [0.25, 0.3) is 0 Å². The molecule has 0 aliphatic heterocycles. The number of anilines is 1. The summed E-state index contributed by atoms with van der Waals surface area (Å²) in [4.78, 5) is 16.4. The lowest BCUT2D eigenvalue weighted by atomic mass is 10.3. The predicted molar refractivity (Wildman–Crippen MR) is 61.2 cm³/mol. The summed E-state index contributed by atoms with van der Waals surface area (Å²) in [6.45, 7) is 1.76. The molecule has 0 unspecified atom stereocenters. The van der Waals surface area contributed by atoms with Gasteiger partial charge in [0, 0.05) is 16.6 Å². The van der Waals surface area contributed by atoms with Gasteiger partial charge in [-0.2, -0.15) is 0 Å². The Morgan fingerprint density at radius 3 is 2.71 bits per heavy atom. The highest BCUT2D eigenvalue weighted by atomic mass is 32.1. The first-order valence-corrected chi connectivity index (χ1v) is 5.62. The van der Waals surface area contributed by atoms with Crippen molar-refractivity contribution >= 4 is 22.9 Å². The number of amides is 1. The number of hydrogen-bond acceptors (Lipinski definition) is 3. The second kappa shape index (κ2) is 4.58. The topological polar surface area (TPSA) is 42.0 Å². The molecular weight excluding hydrogens is 246 g/mol. The van der Waals surface area contributed by atoms with Gasteiger partial charge in [0.05, 0.1) is 5.51 Å². The molecule has 2 rings (SSSR count). The van der Waals surface area contributed by atoms with Crippen molar-refractivity contribution in [3.8, 4) is 0 Å². The Kier molecular flexibility index (Phi) is 3.14. The van der Waals surface area contributed by atoms with Crippen LogP contribution in [0.5, 0.6) is 0 Å². The normalized spacial score (nSPS) is 10.3. The quantitative estimate of drug-likeness (QED) is 0.895. The molecular formula is C11H8F2N2OS. The molecule has 17 heavy (non-hydrogen) atoms. The van der Waals surface area contributed by atoms with Crippen molar-refractivity contribution in [2.24, 2.45) is 0 Å². The van der Waals surface area contributed by atoms with Gasteiger partial charge in [-0.1, -0.05) is 0 Å². The first-order valence-electron chi connectivity index (χ1n) is 4.74. The van der Waals surface area contributed by atoms with E-state index in [2.05, 4.69) is 10.3 Å². The summed E-state index contributed by atoms with van der Waals surface area (Å²) in [5.41, 5.74) is 2.04. The van der Waals surface area contributed by atoms with Crippen LogP contribution in [0.4, 0.5) is 14.5 Å². The van der Waals surface area contributed by atoms with E-state index in [1.165, 1.54) is 17.4 Å². The van der Waals surface area contributed by atoms with Crippen molar-refractivity contribution in [1.82, 2.24) is 4.98 Å². The second-order valence-corrected chi connectivity index (χ2v) is 4.40. The standard InChI is InChI=1S/C11H8F2N2OS/c1-6-10(14-5-17-6)11(16)15-7-2-3-8(12)9(13)4-7/h2-5H,1H3,(H,15,16). The fraction of sp³-hybridized carbons (Fsp3) is 0.0909. The Bertz CT molecular complexity index is 568. The number of nitrogens with one attached hydrogen (secondary N) is 1. The smallest absolute Gasteiger partial charge is 0.275 e. The number of benzene rings is 1. The first kappa shape index (κ1) is 11.7. The SMILES string of the molecule is Cc1scnc1C(=O)Nc1ccc(F)c(F)c1. The Morgan fingerprint density at radius 1 is 1.35 bits per heavy atom. The van der Waals surface area contributed by atoms with E-state index in [4.69, 9.17) is 0 Å². The van der Waals surface area contributed by atoms with Gasteiger partial charge in [0.2, 0.25) is 0 Å². The number of aromatic nitrogens is 1. The van der Waals surface area contributed by atoms with E-state index in [0.29, 0.717) is 5.69 Å². The van der Waals surface area contributed by atoms with Gasteiger partial charge in [0.25, 0.3) is 5.91 Å². The molecule has 0 saturated heterocycles. The average molecular weight is 254 g/mol. The summed E-state index contributed by atoms with van der Waals surface area (Å²) < 4.78 is 25.6. The van der Waals surface area contributed by atoms with Crippen LogP contribution in [0.15, 0.2) is 23.7 Å². The van der Waals surface area contributed by atoms with E-state index in [9.17, 15) is 13.6 Å². The van der Waals surface area contributed by atoms with Crippen molar-refractivity contribution in [3.63, 3.8) is 0 Å². The number of nitrogens with zero attached hydrogens (tertiary/aromatic N) is 1. The minimum absolute atomic E-state index is 0.196. The van der Waals surface area contributed by atoms with Crippen molar-refractivity contribution in [2.75, 3.05) is 5.32 Å². The maximum atomic E-state index is 12.9. The molecule has 0 bridgehead atoms. The van der Waals surface area contributed by atoms with Crippen LogP contribution in [-0.4, -0.2) is 10.9 Å². The minimum atomic E-state index is -1.00. The van der Waals surface area contributed by atoms with E-state index < -0.39 is 17.5 Å². The van der Waals surface area contributed by atoms with Gasteiger partial charge < -0.3 is 5.32 Å². The number of carbonyl (C=O) groups is 1. The number of thiazole rings is 1. The molecule has 1 N–H and O–H groups in total. The number of halogens is 2. The van der Waals surface area contributed by atoms with Gasteiger partial charge in [-0.3, -0.25) is 4.79 Å². The number of hydrogen-bond donors (Lipinski definition) is 1. The lowest BCUT2D eigenvalue weighted by Gasteiger charge is -2.04. The van der Waals surface area contributed by atoms with Crippen LogP contribution in [0.1, 0.15) is 15.4 Å². The highest BCUT2D eigenvalue weighted by Gasteiger charge is 2.12. The molecule has 0 radical (unpaired) electrons. The average Bonchev–Trinajstić information content (AvgIpc) is 2.70. The van der Waals surface area contributed by atoms with E-state index in [-0.39, 0.29) is 5.69 Å². The van der Waals surface area contributed by atoms with E-state index in [0.717, 1.165) is 17.0 Å². The van der Waals surface area contributed by atoms with Gasteiger partial charge in [0.1, 0.15) is 5.69 Å². The Labute approximate surface area is 100 Å². The van der Waals surface area contributed by atoms with Crippen LogP contribution >= 0.6 is 11.3 Å². The molecule has 0 saturated carbocycles. The Morgan fingerprint density at radius 2 is 2.12 bits per heavy atom. The highest BCUT2D eigenvalue weighted by molar-refractivity contribution is 7.09. The van der Waals surface area contributed by atoms with Crippen LogP contribution < -0.4 is 5.32 Å². The van der Waals surface area contributed by atoms with Gasteiger partial charge in [0.15, 0.2) is 11.6 Å². The summed E-state index contributed by atoms with van der Waals surface area (Å²) in [7, 11) is 0. The fourth-order valence-corrected chi connectivity index (χ4v) is 1.86. The van der Waals surface area contributed by atoms with Crippen molar-refractivity contribution in [3.05, 3.63) is 45.9 Å². The van der Waals surface area contributed by atoms with E-state index in [1.807, 2.05) is 0 Å². The number of aryl methyl sites for hydroxylation is 1. The third kappa shape index (κ3) is 2.47. The maximum absolute atomic E-state index is 12.9. The molecule has 1 heterocycles. The van der Waals surface area contributed by atoms with Gasteiger partial charge >= 0.3 is 0 Å². The van der Waals surface area contributed by atoms with Crippen LogP contribution in [0.3, 0.4) is 0 Å². The zero-order valence-electron chi connectivity index (χ0n) is 8.83. The zero-order valence-corrected chi connectivity index (χ0v) is 9.65. The Hall–Kier alpha value is -1.82. The minimum Gasteiger partial charge on any atom is -0.321 e. The molecule has 0 atom stereocenters. The molecule has 0 aliphatic carbocycles. The summed E-state index contributed by atoms with van der Waals surface area (Å²) in [5, 5.41) is 2.45.